The van der Waals surface area contributed by atoms with Gasteiger partial charge in [0.2, 0.25) is 0 Å². The Morgan fingerprint density at radius 1 is 1.45 bits per heavy atom. The molecule has 1 aromatic rings. The average molecular weight is 280 g/mol. The SMILES string of the molecule is CC(C)(C)OC(=O)N1CCC(C)(c2cc(N)n[nH]2)CC1. The molecule has 112 valence electrons. The molecule has 1 aliphatic rings. The minimum Gasteiger partial charge on any atom is -0.444 e. The summed E-state index contributed by atoms with van der Waals surface area (Å²) in [7, 11) is 0. The van der Waals surface area contributed by atoms with Gasteiger partial charge in [0.1, 0.15) is 11.4 Å². The van der Waals surface area contributed by atoms with Crippen molar-refractivity contribution in [3.8, 4) is 0 Å². The van der Waals surface area contributed by atoms with Gasteiger partial charge in [-0.05, 0) is 33.6 Å². The molecule has 0 atom stereocenters. The van der Waals surface area contributed by atoms with Crippen LogP contribution in [0.3, 0.4) is 0 Å². The van der Waals surface area contributed by atoms with Crippen LogP contribution in [0.15, 0.2) is 6.07 Å². The third-order valence-corrected chi connectivity index (χ3v) is 3.77. The van der Waals surface area contributed by atoms with E-state index >= 15 is 0 Å². The van der Waals surface area contributed by atoms with Gasteiger partial charge in [0.25, 0.3) is 0 Å². The molecule has 1 aromatic heterocycles. The number of nitrogens with zero attached hydrogens (tertiary/aromatic N) is 2. The minimum absolute atomic E-state index is 0.0108. The Balaban J connectivity index is 1.97. The fourth-order valence-electron chi connectivity index (χ4n) is 2.43. The van der Waals surface area contributed by atoms with E-state index in [-0.39, 0.29) is 11.5 Å². The summed E-state index contributed by atoms with van der Waals surface area (Å²) in [5, 5.41) is 6.98. The number of ether oxygens (including phenoxy) is 1. The molecule has 3 N–H and O–H groups in total. The molecule has 1 amide bonds. The van der Waals surface area contributed by atoms with Gasteiger partial charge < -0.3 is 15.4 Å². The largest absolute Gasteiger partial charge is 0.444 e. The molecule has 0 spiro atoms. The van der Waals surface area contributed by atoms with Crippen LogP contribution in [0.2, 0.25) is 0 Å². The Morgan fingerprint density at radius 2 is 2.05 bits per heavy atom. The van der Waals surface area contributed by atoms with Crippen molar-refractivity contribution in [3.63, 3.8) is 0 Å². The number of carbonyl (C=O) groups is 1. The number of nitrogens with two attached hydrogens (primary N) is 1. The number of nitrogen functional groups attached to an aromatic ring is 1. The van der Waals surface area contributed by atoms with Gasteiger partial charge >= 0.3 is 6.09 Å². The lowest BCUT2D eigenvalue weighted by atomic mass is 9.77. The van der Waals surface area contributed by atoms with E-state index in [0.717, 1.165) is 18.5 Å². The molecule has 2 heterocycles. The Labute approximate surface area is 119 Å². The molecule has 0 aliphatic carbocycles. The zero-order valence-corrected chi connectivity index (χ0v) is 12.7. The molecular formula is C14H24N4O2. The van der Waals surface area contributed by atoms with Crippen LogP contribution in [-0.2, 0) is 10.2 Å². The summed E-state index contributed by atoms with van der Waals surface area (Å²) in [4.78, 5) is 13.8. The van der Waals surface area contributed by atoms with Crippen molar-refractivity contribution in [2.45, 2.75) is 51.6 Å². The number of hydrogen-bond donors (Lipinski definition) is 2. The molecule has 20 heavy (non-hydrogen) atoms. The number of aromatic amines is 1. The summed E-state index contributed by atoms with van der Waals surface area (Å²) in [5.74, 6) is 0.510. The van der Waals surface area contributed by atoms with Crippen molar-refractivity contribution < 1.29 is 9.53 Å². The van der Waals surface area contributed by atoms with E-state index in [1.807, 2.05) is 26.8 Å². The fraction of sp³-hybridized carbons (Fsp3) is 0.714. The van der Waals surface area contributed by atoms with Gasteiger partial charge in [-0.3, -0.25) is 5.10 Å². The number of carbonyl (C=O) groups excluding carboxylic acids is 1. The van der Waals surface area contributed by atoms with Gasteiger partial charge in [0, 0.05) is 30.3 Å². The van der Waals surface area contributed by atoms with E-state index in [0.29, 0.717) is 18.9 Å². The molecule has 1 saturated heterocycles. The second-order valence-corrected chi connectivity index (χ2v) is 6.73. The molecule has 6 heteroatoms. The number of aromatic nitrogens is 2. The molecule has 0 radical (unpaired) electrons. The highest BCUT2D eigenvalue weighted by molar-refractivity contribution is 5.68. The molecular weight excluding hydrogens is 256 g/mol. The van der Waals surface area contributed by atoms with Crippen LogP contribution >= 0.6 is 0 Å². The van der Waals surface area contributed by atoms with E-state index in [2.05, 4.69) is 17.1 Å². The minimum atomic E-state index is -0.449. The van der Waals surface area contributed by atoms with Crippen LogP contribution in [0.4, 0.5) is 10.6 Å². The second kappa shape index (κ2) is 5.00. The normalized spacial score (nSPS) is 18.9. The van der Waals surface area contributed by atoms with Gasteiger partial charge in [0.05, 0.1) is 0 Å². The number of H-pyrrole nitrogens is 1. The number of piperidine rings is 1. The van der Waals surface area contributed by atoms with E-state index < -0.39 is 5.60 Å². The predicted molar refractivity (Wildman–Crippen MR) is 77.4 cm³/mol. The van der Waals surface area contributed by atoms with Crippen molar-refractivity contribution in [1.29, 1.82) is 0 Å². The van der Waals surface area contributed by atoms with E-state index in [1.165, 1.54) is 0 Å². The van der Waals surface area contributed by atoms with Crippen molar-refractivity contribution in [2.75, 3.05) is 18.8 Å². The maximum absolute atomic E-state index is 12.0. The molecule has 0 bridgehead atoms. The van der Waals surface area contributed by atoms with E-state index in [4.69, 9.17) is 10.5 Å². The van der Waals surface area contributed by atoms with Crippen LogP contribution < -0.4 is 5.73 Å². The van der Waals surface area contributed by atoms with Crippen LogP contribution in [0.5, 0.6) is 0 Å². The number of hydrogen-bond acceptors (Lipinski definition) is 4. The lowest BCUT2D eigenvalue weighted by Gasteiger charge is -2.39. The van der Waals surface area contributed by atoms with E-state index in [1.54, 1.807) is 4.90 Å². The topological polar surface area (TPSA) is 84.2 Å². The summed E-state index contributed by atoms with van der Waals surface area (Å²) in [5.41, 5.74) is 6.24. The van der Waals surface area contributed by atoms with Gasteiger partial charge in [-0.2, -0.15) is 5.10 Å². The summed E-state index contributed by atoms with van der Waals surface area (Å²) >= 11 is 0. The van der Waals surface area contributed by atoms with Crippen LogP contribution in [0.25, 0.3) is 0 Å². The standard InChI is InChI=1S/C14H24N4O2/c1-13(2,3)20-12(19)18-7-5-14(4,6-8-18)10-9-11(15)17-16-10/h9H,5-8H2,1-4H3,(H3,15,16,17). The summed E-state index contributed by atoms with van der Waals surface area (Å²) < 4.78 is 5.40. The first kappa shape index (κ1) is 14.7. The first-order chi connectivity index (χ1) is 9.20. The van der Waals surface area contributed by atoms with Crippen LogP contribution in [0.1, 0.15) is 46.2 Å². The van der Waals surface area contributed by atoms with Gasteiger partial charge in [0.15, 0.2) is 0 Å². The number of rotatable bonds is 1. The third kappa shape index (κ3) is 3.23. The maximum Gasteiger partial charge on any atom is 0.410 e. The Hall–Kier alpha value is -1.72. The van der Waals surface area contributed by atoms with Crippen molar-refractivity contribution in [1.82, 2.24) is 15.1 Å². The smallest absolute Gasteiger partial charge is 0.410 e. The molecule has 0 saturated carbocycles. The Morgan fingerprint density at radius 3 is 2.50 bits per heavy atom. The number of amides is 1. The third-order valence-electron chi connectivity index (χ3n) is 3.77. The molecule has 1 aliphatic heterocycles. The summed E-state index contributed by atoms with van der Waals surface area (Å²) in [6.45, 7) is 9.19. The zero-order chi connectivity index (χ0) is 15.0. The molecule has 6 nitrogen and oxygen atoms in total. The first-order valence-corrected chi connectivity index (χ1v) is 6.99. The van der Waals surface area contributed by atoms with Gasteiger partial charge in [-0.1, -0.05) is 6.92 Å². The first-order valence-electron chi connectivity index (χ1n) is 6.99. The fourth-order valence-corrected chi connectivity index (χ4v) is 2.43. The molecule has 2 rings (SSSR count). The lowest BCUT2D eigenvalue weighted by Crippen LogP contribution is -2.45. The van der Waals surface area contributed by atoms with Crippen LogP contribution in [-0.4, -0.2) is 39.9 Å². The summed E-state index contributed by atoms with van der Waals surface area (Å²) in [6.07, 6.45) is 1.51. The molecule has 0 unspecified atom stereocenters. The molecule has 1 fully saturated rings. The highest BCUT2D eigenvalue weighted by atomic mass is 16.6. The number of likely N-dealkylation sites (tertiary alicyclic amines) is 1. The van der Waals surface area contributed by atoms with Gasteiger partial charge in [-0.25, -0.2) is 4.79 Å². The second-order valence-electron chi connectivity index (χ2n) is 6.73. The van der Waals surface area contributed by atoms with Crippen molar-refractivity contribution in [3.05, 3.63) is 11.8 Å². The Kier molecular flexibility index (Phi) is 3.67. The average Bonchev–Trinajstić information content (AvgIpc) is 2.75. The zero-order valence-electron chi connectivity index (χ0n) is 12.7. The monoisotopic (exact) mass is 280 g/mol. The van der Waals surface area contributed by atoms with Crippen molar-refractivity contribution >= 4 is 11.9 Å². The quantitative estimate of drug-likeness (QED) is 0.826. The van der Waals surface area contributed by atoms with Crippen molar-refractivity contribution in [2.24, 2.45) is 0 Å². The van der Waals surface area contributed by atoms with Crippen LogP contribution in [0, 0.1) is 0 Å². The van der Waals surface area contributed by atoms with E-state index in [9.17, 15) is 4.79 Å². The number of nitrogens with one attached hydrogen (secondary N) is 1. The van der Waals surface area contributed by atoms with Gasteiger partial charge in [-0.15, -0.1) is 0 Å². The highest BCUT2D eigenvalue weighted by Gasteiger charge is 2.36. The highest BCUT2D eigenvalue weighted by Crippen LogP contribution is 2.34. The maximum atomic E-state index is 12.0. The molecule has 0 aromatic carbocycles. The lowest BCUT2D eigenvalue weighted by molar-refractivity contribution is 0.0170. The predicted octanol–water partition coefficient (Wildman–Crippen LogP) is 2.28. The summed E-state index contributed by atoms with van der Waals surface area (Å²) in [6, 6.07) is 1.88. The Bertz CT molecular complexity index is 482. The number of anilines is 1.